The molecule has 2 nitrogen and oxygen atoms in total. The Morgan fingerprint density at radius 2 is 1.29 bits per heavy atom. The van der Waals surface area contributed by atoms with E-state index in [0.717, 1.165) is 16.9 Å². The van der Waals surface area contributed by atoms with Gasteiger partial charge in [-0.05, 0) is 74.2 Å². The lowest BCUT2D eigenvalue weighted by Crippen LogP contribution is -1.93. The van der Waals surface area contributed by atoms with E-state index in [1.807, 2.05) is 32.0 Å². The maximum Gasteiger partial charge on any atom is 0.120 e. The van der Waals surface area contributed by atoms with Crippen LogP contribution in [0.2, 0.25) is 0 Å². The molecule has 0 saturated heterocycles. The molecule has 0 aromatic heterocycles. The third-order valence-corrected chi connectivity index (χ3v) is 2.77. The Balaban J connectivity index is 0.000000219. The van der Waals surface area contributed by atoms with Crippen LogP contribution in [0.15, 0.2) is 49.1 Å². The second-order valence-corrected chi connectivity index (χ2v) is 5.27. The van der Waals surface area contributed by atoms with Crippen LogP contribution < -0.4 is 4.74 Å². The Morgan fingerprint density at radius 3 is 1.67 bits per heavy atom. The molecule has 21 heavy (non-hydrogen) atoms. The lowest BCUT2D eigenvalue weighted by molar-refractivity contribution is 0.363. The summed E-state index contributed by atoms with van der Waals surface area (Å²) >= 11 is 0. The van der Waals surface area contributed by atoms with Crippen molar-refractivity contribution in [3.63, 3.8) is 0 Å². The molecule has 2 rings (SSSR count). The van der Waals surface area contributed by atoms with Gasteiger partial charge in [-0.25, -0.2) is 0 Å². The van der Waals surface area contributed by atoms with Gasteiger partial charge in [0, 0.05) is 0 Å². The summed E-state index contributed by atoms with van der Waals surface area (Å²) < 4.78 is 5.40. The molecule has 2 heteroatoms. The van der Waals surface area contributed by atoms with Crippen molar-refractivity contribution >= 4 is 0 Å². The van der Waals surface area contributed by atoms with E-state index >= 15 is 0 Å². The molecule has 0 bridgehead atoms. The van der Waals surface area contributed by atoms with Gasteiger partial charge in [0.25, 0.3) is 0 Å². The number of phenols is 1. The molecule has 2 aromatic rings. The van der Waals surface area contributed by atoms with E-state index in [-0.39, 0.29) is 0 Å². The number of benzene rings is 2. The summed E-state index contributed by atoms with van der Waals surface area (Å²) in [5, 5.41) is 8.99. The van der Waals surface area contributed by atoms with E-state index in [0.29, 0.717) is 12.4 Å². The number of aromatic hydroxyl groups is 1. The fraction of sp³-hybridized carbons (Fsp3) is 0.263. The van der Waals surface area contributed by atoms with E-state index in [2.05, 4.69) is 26.5 Å². The van der Waals surface area contributed by atoms with Crippen molar-refractivity contribution < 1.29 is 9.84 Å². The van der Waals surface area contributed by atoms with Gasteiger partial charge in [-0.1, -0.05) is 24.8 Å². The van der Waals surface area contributed by atoms with Gasteiger partial charge in [-0.2, -0.15) is 0 Å². The predicted molar refractivity (Wildman–Crippen MR) is 89.2 cm³/mol. The van der Waals surface area contributed by atoms with Crippen LogP contribution in [-0.2, 0) is 0 Å². The van der Waals surface area contributed by atoms with Gasteiger partial charge in [-0.15, -0.1) is 0 Å². The molecule has 2 aromatic carbocycles. The maximum absolute atomic E-state index is 8.99. The minimum atomic E-state index is 0.354. The summed E-state index contributed by atoms with van der Waals surface area (Å²) in [5.41, 5.74) is 4.67. The third kappa shape index (κ3) is 6.66. The fourth-order valence-corrected chi connectivity index (χ4v) is 2.12. The highest BCUT2D eigenvalue weighted by atomic mass is 16.5. The first-order valence-electron chi connectivity index (χ1n) is 7.00. The molecule has 0 radical (unpaired) electrons. The van der Waals surface area contributed by atoms with E-state index in [1.165, 1.54) is 11.1 Å². The molecule has 0 spiro atoms. The summed E-state index contributed by atoms with van der Waals surface area (Å²) in [6.07, 6.45) is 1.75. The van der Waals surface area contributed by atoms with Crippen molar-refractivity contribution in [3.8, 4) is 11.5 Å². The second-order valence-electron chi connectivity index (χ2n) is 5.27. The van der Waals surface area contributed by atoms with Gasteiger partial charge in [0.05, 0.1) is 0 Å². The average molecular weight is 284 g/mol. The number of hydrogen-bond donors (Lipinski definition) is 1. The van der Waals surface area contributed by atoms with Gasteiger partial charge in [0.15, 0.2) is 0 Å². The Morgan fingerprint density at radius 1 is 0.857 bits per heavy atom. The summed E-state index contributed by atoms with van der Waals surface area (Å²) in [6, 6.07) is 11.7. The van der Waals surface area contributed by atoms with Gasteiger partial charge in [0.1, 0.15) is 18.1 Å². The highest BCUT2D eigenvalue weighted by molar-refractivity contribution is 5.33. The van der Waals surface area contributed by atoms with Crippen molar-refractivity contribution in [2.24, 2.45) is 0 Å². The topological polar surface area (TPSA) is 29.5 Å². The minimum Gasteiger partial charge on any atom is -0.508 e. The molecule has 0 heterocycles. The monoisotopic (exact) mass is 284 g/mol. The molecule has 0 aliphatic rings. The standard InChI is InChI=1S/C11H14O.C8H10O/c1-4-5-12-11-7-9(2)6-10(3)8-11;1-6-3-7(2)5-8(9)4-6/h4,6-8H,1,5H2,2-3H3;3-5,9H,1-2H3. The molecular weight excluding hydrogens is 260 g/mol. The van der Waals surface area contributed by atoms with Gasteiger partial charge in [0.2, 0.25) is 0 Å². The van der Waals surface area contributed by atoms with Crippen molar-refractivity contribution in [2.45, 2.75) is 27.7 Å². The quantitative estimate of drug-likeness (QED) is 0.814. The van der Waals surface area contributed by atoms with Crippen LogP contribution in [0.1, 0.15) is 22.3 Å². The second kappa shape index (κ2) is 8.15. The zero-order valence-electron chi connectivity index (χ0n) is 13.3. The van der Waals surface area contributed by atoms with E-state index in [9.17, 15) is 0 Å². The van der Waals surface area contributed by atoms with Crippen molar-refractivity contribution in [3.05, 3.63) is 71.3 Å². The summed E-state index contributed by atoms with van der Waals surface area (Å²) in [5.74, 6) is 1.28. The number of aryl methyl sites for hydroxylation is 4. The molecule has 0 unspecified atom stereocenters. The van der Waals surface area contributed by atoms with Crippen LogP contribution in [-0.4, -0.2) is 11.7 Å². The summed E-state index contributed by atoms with van der Waals surface area (Å²) in [4.78, 5) is 0. The highest BCUT2D eigenvalue weighted by Gasteiger charge is 1.94. The normalized spacial score (nSPS) is 9.52. The molecule has 0 amide bonds. The lowest BCUT2D eigenvalue weighted by atomic mass is 10.1. The van der Waals surface area contributed by atoms with Gasteiger partial charge >= 0.3 is 0 Å². The molecule has 0 aliphatic carbocycles. The maximum atomic E-state index is 8.99. The van der Waals surface area contributed by atoms with E-state index < -0.39 is 0 Å². The number of hydrogen-bond acceptors (Lipinski definition) is 2. The zero-order chi connectivity index (χ0) is 15.8. The highest BCUT2D eigenvalue weighted by Crippen LogP contribution is 2.16. The fourth-order valence-electron chi connectivity index (χ4n) is 2.12. The Hall–Kier alpha value is -2.22. The smallest absolute Gasteiger partial charge is 0.120 e. The molecule has 1 N–H and O–H groups in total. The molecule has 0 saturated carbocycles. The van der Waals surface area contributed by atoms with Crippen molar-refractivity contribution in [1.29, 1.82) is 0 Å². The molecule has 0 aliphatic heterocycles. The first-order chi connectivity index (χ1) is 9.90. The van der Waals surface area contributed by atoms with Crippen LogP contribution in [0, 0.1) is 27.7 Å². The Bertz CT molecular complexity index is 530. The number of phenolic OH excluding ortho intramolecular Hbond substituents is 1. The van der Waals surface area contributed by atoms with Crippen LogP contribution in [0.4, 0.5) is 0 Å². The van der Waals surface area contributed by atoms with Gasteiger partial charge in [-0.3, -0.25) is 0 Å². The largest absolute Gasteiger partial charge is 0.508 e. The van der Waals surface area contributed by atoms with Crippen LogP contribution in [0.3, 0.4) is 0 Å². The minimum absolute atomic E-state index is 0.354. The third-order valence-electron chi connectivity index (χ3n) is 2.77. The van der Waals surface area contributed by atoms with E-state index in [1.54, 1.807) is 18.2 Å². The van der Waals surface area contributed by atoms with Crippen LogP contribution >= 0.6 is 0 Å². The van der Waals surface area contributed by atoms with Gasteiger partial charge < -0.3 is 9.84 Å². The van der Waals surface area contributed by atoms with Crippen molar-refractivity contribution in [1.82, 2.24) is 0 Å². The first-order valence-corrected chi connectivity index (χ1v) is 7.00. The van der Waals surface area contributed by atoms with E-state index in [4.69, 9.17) is 9.84 Å². The predicted octanol–water partition coefficient (Wildman–Crippen LogP) is 4.88. The molecule has 0 atom stereocenters. The molecular formula is C19H24O2. The summed E-state index contributed by atoms with van der Waals surface area (Å²) in [6.45, 7) is 12.2. The molecule has 112 valence electrons. The number of rotatable bonds is 3. The van der Waals surface area contributed by atoms with Crippen LogP contribution in [0.25, 0.3) is 0 Å². The lowest BCUT2D eigenvalue weighted by Gasteiger charge is -2.05. The zero-order valence-corrected chi connectivity index (χ0v) is 13.3. The Labute approximate surface area is 127 Å². The summed E-state index contributed by atoms with van der Waals surface area (Å²) in [7, 11) is 0. The Kier molecular flexibility index (Phi) is 6.54. The molecule has 0 fully saturated rings. The SMILES string of the molecule is C=CCOc1cc(C)cc(C)c1.Cc1cc(C)cc(O)c1. The number of ether oxygens (including phenoxy) is 1. The average Bonchev–Trinajstić information content (AvgIpc) is 2.34. The van der Waals surface area contributed by atoms with Crippen LogP contribution in [0.5, 0.6) is 11.5 Å². The van der Waals surface area contributed by atoms with Crippen molar-refractivity contribution in [2.75, 3.05) is 6.61 Å². The first kappa shape index (κ1) is 16.8.